The van der Waals surface area contributed by atoms with Gasteiger partial charge in [0.05, 0.1) is 4.90 Å². The molecule has 0 N–H and O–H groups in total. The fraction of sp³-hybridized carbons (Fsp3) is 0.667. The molecule has 2 saturated heterocycles. The van der Waals surface area contributed by atoms with E-state index in [4.69, 9.17) is 4.74 Å². The fourth-order valence-corrected chi connectivity index (χ4v) is 5.78. The van der Waals surface area contributed by atoms with Gasteiger partial charge in [0.1, 0.15) is 0 Å². The van der Waals surface area contributed by atoms with Gasteiger partial charge in [-0.05, 0) is 49.3 Å². The van der Waals surface area contributed by atoms with Gasteiger partial charge in [0.25, 0.3) is 0 Å². The molecule has 1 aromatic carbocycles. The van der Waals surface area contributed by atoms with Crippen LogP contribution in [0.2, 0.25) is 0 Å². The minimum absolute atomic E-state index is 0.0810. The van der Waals surface area contributed by atoms with Crippen LogP contribution in [0, 0.1) is 0 Å². The molecule has 3 rings (SSSR count). The number of sulfonamides is 1. The maximum Gasteiger partial charge on any atom is 0.243 e. The van der Waals surface area contributed by atoms with Gasteiger partial charge in [0, 0.05) is 45.3 Å². The smallest absolute Gasteiger partial charge is 0.243 e. The lowest BCUT2D eigenvalue weighted by molar-refractivity contribution is -0.137. The first-order valence-electron chi connectivity index (χ1n) is 10.3. The quantitative estimate of drug-likeness (QED) is 0.751. The highest BCUT2D eigenvalue weighted by Gasteiger charge is 2.35. The molecule has 1 aromatic rings. The number of benzene rings is 1. The summed E-state index contributed by atoms with van der Waals surface area (Å²) in [6.45, 7) is 8.08. The minimum Gasteiger partial charge on any atom is -0.381 e. The SMILES string of the molecule is CC(=O)N(C1CCOCC1)C1CCN(S(=O)(=O)c2ccc(C(C)C)cc2)CC1. The van der Waals surface area contributed by atoms with Crippen LogP contribution in [0.4, 0.5) is 0 Å². The summed E-state index contributed by atoms with van der Waals surface area (Å²) in [6.07, 6.45) is 3.08. The maximum absolute atomic E-state index is 13.0. The molecule has 1 amide bonds. The van der Waals surface area contributed by atoms with E-state index in [2.05, 4.69) is 13.8 Å². The molecule has 2 heterocycles. The zero-order valence-corrected chi connectivity index (χ0v) is 18.0. The van der Waals surface area contributed by atoms with E-state index in [9.17, 15) is 13.2 Å². The average molecular weight is 409 g/mol. The molecule has 0 unspecified atom stereocenters. The van der Waals surface area contributed by atoms with Gasteiger partial charge in [-0.15, -0.1) is 0 Å². The van der Waals surface area contributed by atoms with Gasteiger partial charge in [-0.25, -0.2) is 8.42 Å². The Balaban J connectivity index is 1.67. The van der Waals surface area contributed by atoms with E-state index in [1.165, 1.54) is 0 Å². The van der Waals surface area contributed by atoms with Gasteiger partial charge in [-0.2, -0.15) is 4.31 Å². The van der Waals surface area contributed by atoms with Crippen LogP contribution in [0.25, 0.3) is 0 Å². The van der Waals surface area contributed by atoms with Crippen molar-refractivity contribution in [1.29, 1.82) is 0 Å². The van der Waals surface area contributed by atoms with Gasteiger partial charge in [0.15, 0.2) is 0 Å². The molecule has 28 heavy (non-hydrogen) atoms. The number of nitrogens with zero attached hydrogens (tertiary/aromatic N) is 2. The molecule has 0 aliphatic carbocycles. The summed E-state index contributed by atoms with van der Waals surface area (Å²) in [5.41, 5.74) is 1.13. The molecular formula is C21H32N2O4S. The van der Waals surface area contributed by atoms with E-state index in [0.29, 0.717) is 50.0 Å². The predicted octanol–water partition coefficient (Wildman–Crippen LogP) is 2.99. The summed E-state index contributed by atoms with van der Waals surface area (Å²) in [7, 11) is -3.49. The summed E-state index contributed by atoms with van der Waals surface area (Å²) in [4.78, 5) is 14.6. The summed E-state index contributed by atoms with van der Waals surface area (Å²) in [5, 5.41) is 0. The Morgan fingerprint density at radius 3 is 2.07 bits per heavy atom. The monoisotopic (exact) mass is 408 g/mol. The highest BCUT2D eigenvalue weighted by Crippen LogP contribution is 2.27. The van der Waals surface area contributed by atoms with E-state index in [0.717, 1.165) is 18.4 Å². The van der Waals surface area contributed by atoms with E-state index >= 15 is 0 Å². The highest BCUT2D eigenvalue weighted by atomic mass is 32.2. The molecule has 156 valence electrons. The normalized spacial score (nSPS) is 20.4. The summed E-state index contributed by atoms with van der Waals surface area (Å²) in [6, 6.07) is 7.53. The molecule has 7 heteroatoms. The van der Waals surface area contributed by atoms with Crippen LogP contribution < -0.4 is 0 Å². The number of amides is 1. The zero-order valence-electron chi connectivity index (χ0n) is 17.1. The molecule has 0 bridgehead atoms. The Morgan fingerprint density at radius 2 is 1.57 bits per heavy atom. The van der Waals surface area contributed by atoms with Crippen molar-refractivity contribution in [3.05, 3.63) is 29.8 Å². The van der Waals surface area contributed by atoms with Crippen molar-refractivity contribution in [2.24, 2.45) is 0 Å². The van der Waals surface area contributed by atoms with E-state index < -0.39 is 10.0 Å². The molecule has 0 atom stereocenters. The van der Waals surface area contributed by atoms with E-state index in [1.54, 1.807) is 23.4 Å². The lowest BCUT2D eigenvalue weighted by atomic mass is 9.99. The molecule has 2 aliphatic rings. The molecule has 6 nitrogen and oxygen atoms in total. The van der Waals surface area contributed by atoms with Gasteiger partial charge < -0.3 is 9.64 Å². The molecule has 0 aromatic heterocycles. The molecule has 0 radical (unpaired) electrons. The largest absolute Gasteiger partial charge is 0.381 e. The van der Waals surface area contributed by atoms with Crippen LogP contribution in [-0.4, -0.2) is 61.9 Å². The lowest BCUT2D eigenvalue weighted by Crippen LogP contribution is -2.53. The van der Waals surface area contributed by atoms with Gasteiger partial charge >= 0.3 is 0 Å². The number of hydrogen-bond acceptors (Lipinski definition) is 4. The summed E-state index contributed by atoms with van der Waals surface area (Å²) < 4.78 is 33.0. The standard InChI is InChI=1S/C21H32N2O4S/c1-16(2)18-4-6-21(7-5-18)28(25,26)22-12-8-19(9-13-22)23(17(3)24)20-10-14-27-15-11-20/h4-7,16,19-20H,8-15H2,1-3H3. The maximum atomic E-state index is 13.0. The summed E-state index contributed by atoms with van der Waals surface area (Å²) >= 11 is 0. The highest BCUT2D eigenvalue weighted by molar-refractivity contribution is 7.89. The van der Waals surface area contributed by atoms with Crippen molar-refractivity contribution in [3.8, 4) is 0 Å². The molecule has 2 fully saturated rings. The van der Waals surface area contributed by atoms with Crippen molar-refractivity contribution in [2.45, 2.75) is 69.4 Å². The van der Waals surface area contributed by atoms with Crippen molar-refractivity contribution in [3.63, 3.8) is 0 Å². The Kier molecular flexibility index (Phi) is 6.78. The molecule has 0 spiro atoms. The van der Waals surface area contributed by atoms with Crippen molar-refractivity contribution in [1.82, 2.24) is 9.21 Å². The van der Waals surface area contributed by atoms with Crippen molar-refractivity contribution in [2.75, 3.05) is 26.3 Å². The first kappa shape index (κ1) is 21.3. The van der Waals surface area contributed by atoms with Gasteiger partial charge in [-0.1, -0.05) is 26.0 Å². The lowest BCUT2D eigenvalue weighted by Gasteiger charge is -2.43. The molecular weight excluding hydrogens is 376 g/mol. The number of rotatable bonds is 5. The van der Waals surface area contributed by atoms with Crippen molar-refractivity contribution >= 4 is 15.9 Å². The number of hydrogen-bond donors (Lipinski definition) is 0. The van der Waals surface area contributed by atoms with Crippen LogP contribution >= 0.6 is 0 Å². The Morgan fingerprint density at radius 1 is 1.04 bits per heavy atom. The number of carbonyl (C=O) groups is 1. The molecule has 0 saturated carbocycles. The first-order valence-corrected chi connectivity index (χ1v) is 11.7. The second-order valence-corrected chi connectivity index (χ2v) is 10.1. The number of carbonyl (C=O) groups excluding carboxylic acids is 1. The Hall–Kier alpha value is -1.44. The minimum atomic E-state index is -3.49. The third-order valence-corrected chi connectivity index (χ3v) is 7.86. The first-order chi connectivity index (χ1) is 13.3. The number of piperidine rings is 1. The van der Waals surface area contributed by atoms with Crippen LogP contribution in [0.15, 0.2) is 29.2 Å². The summed E-state index contributed by atoms with van der Waals surface area (Å²) in [5.74, 6) is 0.452. The Bertz CT molecular complexity index is 762. The van der Waals surface area contributed by atoms with E-state index in [-0.39, 0.29) is 18.0 Å². The third kappa shape index (κ3) is 4.58. The second kappa shape index (κ2) is 8.93. The Labute approximate surface area is 168 Å². The zero-order chi connectivity index (χ0) is 20.3. The predicted molar refractivity (Wildman–Crippen MR) is 109 cm³/mol. The second-order valence-electron chi connectivity index (χ2n) is 8.13. The van der Waals surface area contributed by atoms with Crippen LogP contribution in [0.3, 0.4) is 0 Å². The van der Waals surface area contributed by atoms with Crippen LogP contribution in [0.1, 0.15) is 57.9 Å². The fourth-order valence-electron chi connectivity index (χ4n) is 4.31. The van der Waals surface area contributed by atoms with Crippen LogP contribution in [0.5, 0.6) is 0 Å². The topological polar surface area (TPSA) is 66.9 Å². The molecule has 2 aliphatic heterocycles. The third-order valence-electron chi connectivity index (χ3n) is 5.95. The number of ether oxygens (including phenoxy) is 1. The average Bonchev–Trinajstić information content (AvgIpc) is 2.69. The van der Waals surface area contributed by atoms with Crippen molar-refractivity contribution < 1.29 is 17.9 Å². The van der Waals surface area contributed by atoms with Crippen LogP contribution in [-0.2, 0) is 19.6 Å². The van der Waals surface area contributed by atoms with Gasteiger partial charge in [0.2, 0.25) is 15.9 Å². The van der Waals surface area contributed by atoms with E-state index in [1.807, 2.05) is 17.0 Å². The van der Waals surface area contributed by atoms with Gasteiger partial charge in [-0.3, -0.25) is 4.79 Å².